The maximum absolute atomic E-state index is 10.2. The summed E-state index contributed by atoms with van der Waals surface area (Å²) in [5.41, 5.74) is 8.52. The van der Waals surface area contributed by atoms with Crippen molar-refractivity contribution in [2.24, 2.45) is 11.5 Å². The molecule has 0 saturated heterocycles. The highest BCUT2D eigenvalue weighted by molar-refractivity contribution is 5.26. The SMILES string of the molecule is NC1C=CC([N+](=O)[O-])=CC1(N)O. The molecule has 12 heavy (non-hydrogen) atoms. The number of aliphatic hydroxyl groups is 1. The van der Waals surface area contributed by atoms with Gasteiger partial charge in [0.15, 0.2) is 5.72 Å². The quantitative estimate of drug-likeness (QED) is 0.257. The zero-order valence-electron chi connectivity index (χ0n) is 6.18. The highest BCUT2D eigenvalue weighted by Gasteiger charge is 2.32. The van der Waals surface area contributed by atoms with E-state index in [2.05, 4.69) is 0 Å². The van der Waals surface area contributed by atoms with E-state index in [0.29, 0.717) is 0 Å². The number of rotatable bonds is 1. The molecular weight excluding hydrogens is 162 g/mol. The summed E-state index contributed by atoms with van der Waals surface area (Å²) in [7, 11) is 0. The van der Waals surface area contributed by atoms with Gasteiger partial charge in [-0.2, -0.15) is 0 Å². The molecule has 1 aliphatic rings. The van der Waals surface area contributed by atoms with E-state index in [4.69, 9.17) is 11.5 Å². The summed E-state index contributed by atoms with van der Waals surface area (Å²) in [5, 5.41) is 19.5. The van der Waals surface area contributed by atoms with Crippen LogP contribution in [0.3, 0.4) is 0 Å². The van der Waals surface area contributed by atoms with Crippen LogP contribution in [0.1, 0.15) is 0 Å². The predicted octanol–water partition coefficient (Wildman–Crippen LogP) is -1.31. The summed E-state index contributed by atoms with van der Waals surface area (Å²) in [6.45, 7) is 0. The maximum atomic E-state index is 10.2. The first-order chi connectivity index (χ1) is 5.43. The summed E-state index contributed by atoms with van der Waals surface area (Å²) in [6, 6.07) is -0.804. The molecule has 1 rings (SSSR count). The standard InChI is InChI=1S/C6H9N3O3/c7-5-2-1-4(9(11)12)3-6(5,8)10/h1-3,5,10H,7-8H2. The van der Waals surface area contributed by atoms with E-state index in [-0.39, 0.29) is 5.70 Å². The van der Waals surface area contributed by atoms with Gasteiger partial charge in [0.1, 0.15) is 0 Å². The van der Waals surface area contributed by atoms with Gasteiger partial charge in [-0.15, -0.1) is 0 Å². The molecule has 0 aromatic heterocycles. The minimum absolute atomic E-state index is 0.248. The fourth-order valence-electron chi connectivity index (χ4n) is 0.851. The number of nitro groups is 1. The molecule has 0 spiro atoms. The second kappa shape index (κ2) is 2.67. The molecule has 1 aliphatic carbocycles. The minimum Gasteiger partial charge on any atom is -0.370 e. The van der Waals surface area contributed by atoms with E-state index in [0.717, 1.165) is 6.08 Å². The molecule has 5 N–H and O–H groups in total. The van der Waals surface area contributed by atoms with Gasteiger partial charge < -0.3 is 10.8 Å². The van der Waals surface area contributed by atoms with Gasteiger partial charge in [-0.1, -0.05) is 6.08 Å². The predicted molar refractivity (Wildman–Crippen MR) is 41.3 cm³/mol. The summed E-state index contributed by atoms with van der Waals surface area (Å²) in [5.74, 6) is 0. The lowest BCUT2D eigenvalue weighted by Crippen LogP contribution is -2.54. The Bertz CT molecular complexity index is 269. The second-order valence-corrected chi connectivity index (χ2v) is 2.60. The molecule has 0 radical (unpaired) electrons. The van der Waals surface area contributed by atoms with Gasteiger partial charge in [0.05, 0.1) is 11.0 Å². The summed E-state index contributed by atoms with van der Waals surface area (Å²) >= 11 is 0. The van der Waals surface area contributed by atoms with Gasteiger partial charge in [-0.25, -0.2) is 0 Å². The van der Waals surface area contributed by atoms with E-state index in [9.17, 15) is 15.2 Å². The van der Waals surface area contributed by atoms with Crippen LogP contribution < -0.4 is 11.5 Å². The fraction of sp³-hybridized carbons (Fsp3) is 0.333. The molecule has 66 valence electrons. The largest absolute Gasteiger partial charge is 0.370 e. The highest BCUT2D eigenvalue weighted by atomic mass is 16.6. The van der Waals surface area contributed by atoms with Crippen LogP contribution in [0.2, 0.25) is 0 Å². The number of hydrogen-bond donors (Lipinski definition) is 3. The molecule has 0 aromatic carbocycles. The summed E-state index contributed by atoms with van der Waals surface area (Å²) in [6.07, 6.45) is 3.43. The van der Waals surface area contributed by atoms with Gasteiger partial charge in [0, 0.05) is 12.2 Å². The normalized spacial score (nSPS) is 34.6. The molecule has 6 nitrogen and oxygen atoms in total. The van der Waals surface area contributed by atoms with E-state index in [1.54, 1.807) is 0 Å². The molecule has 0 aliphatic heterocycles. The second-order valence-electron chi connectivity index (χ2n) is 2.60. The smallest absolute Gasteiger partial charge is 0.269 e. The van der Waals surface area contributed by atoms with Crippen molar-refractivity contribution in [3.05, 3.63) is 34.0 Å². The highest BCUT2D eigenvalue weighted by Crippen LogP contribution is 2.15. The third-order valence-electron chi connectivity index (χ3n) is 1.60. The van der Waals surface area contributed by atoms with Crippen LogP contribution in [-0.2, 0) is 0 Å². The van der Waals surface area contributed by atoms with Crippen LogP contribution in [0, 0.1) is 10.1 Å². The van der Waals surface area contributed by atoms with Crippen molar-refractivity contribution < 1.29 is 10.0 Å². The van der Waals surface area contributed by atoms with Gasteiger partial charge in [-0.05, 0) is 0 Å². The first-order valence-corrected chi connectivity index (χ1v) is 3.26. The Morgan fingerprint density at radius 3 is 2.75 bits per heavy atom. The molecule has 0 heterocycles. The van der Waals surface area contributed by atoms with Crippen LogP contribution >= 0.6 is 0 Å². The van der Waals surface area contributed by atoms with Crippen molar-refractivity contribution >= 4 is 0 Å². The van der Waals surface area contributed by atoms with Gasteiger partial charge in [-0.3, -0.25) is 15.8 Å². The average Bonchev–Trinajstić information content (AvgIpc) is 1.94. The molecule has 0 bridgehead atoms. The Kier molecular flexibility index (Phi) is 1.97. The Balaban J connectivity index is 2.97. The number of nitrogens with zero attached hydrogens (tertiary/aromatic N) is 1. The Hall–Kier alpha value is -1.24. The van der Waals surface area contributed by atoms with E-state index in [1.807, 2.05) is 0 Å². The Morgan fingerprint density at radius 1 is 1.75 bits per heavy atom. The maximum Gasteiger partial charge on any atom is 0.269 e. The lowest BCUT2D eigenvalue weighted by atomic mass is 9.99. The van der Waals surface area contributed by atoms with Crippen LogP contribution in [0.5, 0.6) is 0 Å². The molecule has 0 saturated carbocycles. The molecule has 0 fully saturated rings. The van der Waals surface area contributed by atoms with Gasteiger partial charge >= 0.3 is 0 Å². The van der Waals surface area contributed by atoms with Crippen molar-refractivity contribution in [1.82, 2.24) is 0 Å². The molecule has 0 amide bonds. The van der Waals surface area contributed by atoms with Crippen molar-refractivity contribution in [3.8, 4) is 0 Å². The lowest BCUT2D eigenvalue weighted by molar-refractivity contribution is -0.420. The third kappa shape index (κ3) is 1.50. The fourth-order valence-corrected chi connectivity index (χ4v) is 0.851. The number of allylic oxidation sites excluding steroid dienone is 1. The summed E-state index contributed by atoms with van der Waals surface area (Å²) in [4.78, 5) is 9.59. The molecule has 6 heteroatoms. The summed E-state index contributed by atoms with van der Waals surface area (Å²) < 4.78 is 0. The van der Waals surface area contributed by atoms with Gasteiger partial charge in [0.2, 0.25) is 0 Å². The first-order valence-electron chi connectivity index (χ1n) is 3.26. The first kappa shape index (κ1) is 8.85. The van der Waals surface area contributed by atoms with Crippen LogP contribution in [-0.4, -0.2) is 21.8 Å². The Labute approximate surface area is 68.3 Å². The van der Waals surface area contributed by atoms with Crippen molar-refractivity contribution in [1.29, 1.82) is 0 Å². The van der Waals surface area contributed by atoms with E-state index >= 15 is 0 Å². The monoisotopic (exact) mass is 171 g/mol. The van der Waals surface area contributed by atoms with Gasteiger partial charge in [0.25, 0.3) is 5.70 Å². The van der Waals surface area contributed by atoms with E-state index < -0.39 is 16.7 Å². The number of hydrogen-bond acceptors (Lipinski definition) is 5. The van der Waals surface area contributed by atoms with Crippen molar-refractivity contribution in [2.45, 2.75) is 11.8 Å². The third-order valence-corrected chi connectivity index (χ3v) is 1.60. The average molecular weight is 171 g/mol. The minimum atomic E-state index is -1.82. The molecule has 2 unspecified atom stereocenters. The number of nitrogens with two attached hydrogens (primary N) is 2. The zero-order chi connectivity index (χ0) is 9.35. The van der Waals surface area contributed by atoms with Crippen LogP contribution in [0.15, 0.2) is 23.9 Å². The van der Waals surface area contributed by atoms with Crippen LogP contribution in [0.25, 0.3) is 0 Å². The molecular formula is C6H9N3O3. The van der Waals surface area contributed by atoms with Crippen LogP contribution in [0.4, 0.5) is 0 Å². The zero-order valence-corrected chi connectivity index (χ0v) is 6.18. The molecule has 0 aromatic rings. The van der Waals surface area contributed by atoms with E-state index in [1.165, 1.54) is 12.2 Å². The van der Waals surface area contributed by atoms with Crippen molar-refractivity contribution in [2.75, 3.05) is 0 Å². The lowest BCUT2D eigenvalue weighted by Gasteiger charge is -2.25. The van der Waals surface area contributed by atoms with Crippen molar-refractivity contribution in [3.63, 3.8) is 0 Å². The Morgan fingerprint density at radius 2 is 2.33 bits per heavy atom. The molecule has 2 atom stereocenters. The topological polar surface area (TPSA) is 115 Å².